The number of likely N-dealkylation sites (N-methyl/N-ethyl adjacent to an activating group) is 1. The maximum absolute atomic E-state index is 13.9. The molecule has 2 bridgehead atoms. The standard InChI is InChI=1S/C35H32N8O4S/c1-4-23(21-9-7-15-41(21)2)46-33-27-32(43(34(44)42(27)3)22-16-18-11-12-24(22)45-18)38-31(39-33)28-19-8-5-13-35(29(19)40-47-28)14-6-10-25-26(35)20(17-36)30(37)48-25/h1,11-12,16,21,23H,5-10,13-15,37H2,2-3H3/t21-,23-,35-/m0/s1. The van der Waals surface area contributed by atoms with Crippen molar-refractivity contribution < 1.29 is 13.7 Å². The molecule has 7 heterocycles. The second-order valence-electron chi connectivity index (χ2n) is 13.2. The van der Waals surface area contributed by atoms with Gasteiger partial charge in [0.15, 0.2) is 22.9 Å². The molecule has 0 unspecified atom stereocenters. The van der Waals surface area contributed by atoms with E-state index in [0.29, 0.717) is 50.8 Å². The smallest absolute Gasteiger partial charge is 0.334 e. The lowest BCUT2D eigenvalue weighted by Gasteiger charge is -2.39. The number of nitrogens with two attached hydrogens (primary N) is 1. The highest BCUT2D eigenvalue weighted by atomic mass is 32.1. The van der Waals surface area contributed by atoms with E-state index < -0.39 is 11.5 Å². The number of aryl methyl sites for hydroxylation is 2. The zero-order chi connectivity index (χ0) is 32.9. The number of hydrogen-bond donors (Lipinski definition) is 1. The van der Waals surface area contributed by atoms with Crippen molar-refractivity contribution in [3.63, 3.8) is 0 Å². The molecule has 3 aliphatic rings. The lowest BCUT2D eigenvalue weighted by atomic mass is 9.62. The molecule has 0 radical (unpaired) electrons. The van der Waals surface area contributed by atoms with Crippen molar-refractivity contribution in [3.8, 4) is 41.6 Å². The van der Waals surface area contributed by atoms with Gasteiger partial charge in [-0.05, 0) is 82.7 Å². The van der Waals surface area contributed by atoms with Gasteiger partial charge in [-0.1, -0.05) is 11.1 Å². The monoisotopic (exact) mass is 660 g/mol. The van der Waals surface area contributed by atoms with Crippen LogP contribution in [0.15, 0.2) is 31.9 Å². The van der Waals surface area contributed by atoms with E-state index in [-0.39, 0.29) is 23.4 Å². The van der Waals surface area contributed by atoms with Gasteiger partial charge in [0.1, 0.15) is 16.7 Å². The third-order valence-corrected chi connectivity index (χ3v) is 11.7. The number of nitrogens with zero attached hydrogens (tertiary/aromatic N) is 7. The van der Waals surface area contributed by atoms with E-state index in [4.69, 9.17) is 41.0 Å². The van der Waals surface area contributed by atoms with Gasteiger partial charge in [0, 0.05) is 29.0 Å². The molecule has 13 heteroatoms. The first kappa shape index (κ1) is 29.1. The lowest BCUT2D eigenvalue weighted by molar-refractivity contribution is 0.146. The minimum atomic E-state index is -0.610. The van der Waals surface area contributed by atoms with E-state index in [1.807, 2.05) is 25.2 Å². The van der Waals surface area contributed by atoms with Crippen LogP contribution in [0.1, 0.15) is 65.8 Å². The molecule has 1 fully saturated rings. The number of thiophene rings is 1. The fourth-order valence-corrected chi connectivity index (χ4v) is 9.61. The molecular formula is C35H32N8O4S. The predicted molar refractivity (Wildman–Crippen MR) is 180 cm³/mol. The molecule has 2 aliphatic carbocycles. The fourth-order valence-electron chi connectivity index (χ4n) is 8.45. The Morgan fingerprint density at radius 3 is 2.75 bits per heavy atom. The van der Waals surface area contributed by atoms with E-state index in [9.17, 15) is 10.1 Å². The van der Waals surface area contributed by atoms with Gasteiger partial charge < -0.3 is 19.4 Å². The number of likely N-dealkylation sites (tertiary alicyclic amines) is 1. The van der Waals surface area contributed by atoms with E-state index in [1.54, 1.807) is 7.05 Å². The van der Waals surface area contributed by atoms with Crippen LogP contribution >= 0.6 is 11.3 Å². The first-order valence-corrected chi connectivity index (χ1v) is 17.1. The Balaban J connectivity index is 1.26. The number of rotatable bonds is 5. The lowest BCUT2D eigenvalue weighted by Crippen LogP contribution is -2.39. The molecule has 12 nitrogen and oxygen atoms in total. The summed E-state index contributed by atoms with van der Waals surface area (Å²) in [4.78, 5) is 27.2. The van der Waals surface area contributed by atoms with Gasteiger partial charge in [-0.25, -0.2) is 14.3 Å². The van der Waals surface area contributed by atoms with Crippen molar-refractivity contribution in [2.24, 2.45) is 7.05 Å². The van der Waals surface area contributed by atoms with Gasteiger partial charge in [-0.15, -0.1) is 17.8 Å². The van der Waals surface area contributed by atoms with Crippen molar-refractivity contribution >= 4 is 38.7 Å². The van der Waals surface area contributed by atoms with Crippen molar-refractivity contribution in [1.29, 1.82) is 5.26 Å². The quantitative estimate of drug-likeness (QED) is 0.252. The minimum absolute atomic E-state index is 0.00730. The van der Waals surface area contributed by atoms with Gasteiger partial charge in [-0.2, -0.15) is 10.2 Å². The Kier molecular flexibility index (Phi) is 6.32. The molecule has 0 aromatic carbocycles. The summed E-state index contributed by atoms with van der Waals surface area (Å²) in [6.07, 6.45) is 12.5. The molecule has 0 saturated carbocycles. The first-order valence-electron chi connectivity index (χ1n) is 16.3. The molecule has 242 valence electrons. The number of benzene rings is 1. The number of terminal acetylenes is 1. The van der Waals surface area contributed by atoms with Gasteiger partial charge in [-0.3, -0.25) is 9.47 Å². The zero-order valence-corrected chi connectivity index (χ0v) is 27.4. The summed E-state index contributed by atoms with van der Waals surface area (Å²) in [6.45, 7) is 0.918. The van der Waals surface area contributed by atoms with Gasteiger partial charge in [0.25, 0.3) is 0 Å². The van der Waals surface area contributed by atoms with Gasteiger partial charge in [0.05, 0.1) is 23.0 Å². The Morgan fingerprint density at radius 1 is 1.21 bits per heavy atom. The number of ether oxygens (including phenoxy) is 1. The maximum atomic E-state index is 13.9. The Bertz CT molecular complexity index is 2390. The van der Waals surface area contributed by atoms with E-state index in [0.717, 1.165) is 73.2 Å². The molecule has 1 saturated heterocycles. The van der Waals surface area contributed by atoms with E-state index in [1.165, 1.54) is 20.5 Å². The number of hydrogen-bond acceptors (Lipinski definition) is 11. The Hall–Kier alpha value is -5.11. The molecule has 1 aliphatic heterocycles. The number of fused-ring (bicyclic) bond motifs is 7. The van der Waals surface area contributed by atoms with Crippen LogP contribution in [-0.2, 0) is 25.3 Å². The molecule has 48 heavy (non-hydrogen) atoms. The van der Waals surface area contributed by atoms with Gasteiger partial charge in [0.2, 0.25) is 17.5 Å². The highest BCUT2D eigenvalue weighted by molar-refractivity contribution is 7.16. The molecule has 6 aromatic heterocycles. The highest BCUT2D eigenvalue weighted by Gasteiger charge is 2.48. The molecule has 1 spiro atoms. The van der Waals surface area contributed by atoms with E-state index >= 15 is 0 Å². The van der Waals surface area contributed by atoms with Crippen molar-refractivity contribution in [2.45, 2.75) is 68.9 Å². The minimum Gasteiger partial charge on any atom is -0.458 e. The third-order valence-electron chi connectivity index (χ3n) is 10.7. The van der Waals surface area contributed by atoms with Crippen LogP contribution in [0.3, 0.4) is 0 Å². The second kappa shape index (κ2) is 10.4. The van der Waals surface area contributed by atoms with Gasteiger partial charge >= 0.3 is 5.69 Å². The molecule has 6 aromatic rings. The SMILES string of the molecule is C#C[C@H](Oc1nc(-c2onc3c2CCC[C@@]32CCCc3sc(N)c(C#N)c32)nc2c1n(C)c(=O)n2-c1cc2ccc1o2)[C@@H]1CCCN1C. The normalized spacial score (nSPS) is 21.5. The molecular weight excluding hydrogens is 629 g/mol. The van der Waals surface area contributed by atoms with Crippen molar-refractivity contribution in [1.82, 2.24) is 29.2 Å². The number of imidazole rings is 1. The third kappa shape index (κ3) is 3.92. The number of nitrogen functional groups attached to an aromatic ring is 1. The number of anilines is 1. The summed E-state index contributed by atoms with van der Waals surface area (Å²) in [6, 6.07) is 7.87. The van der Waals surface area contributed by atoms with Crippen LogP contribution in [0.25, 0.3) is 39.6 Å². The number of aromatic nitrogens is 5. The maximum Gasteiger partial charge on any atom is 0.334 e. The molecule has 3 atom stereocenters. The van der Waals surface area contributed by atoms with Crippen LogP contribution in [0.4, 0.5) is 5.00 Å². The Labute approximate surface area is 279 Å². The van der Waals surface area contributed by atoms with Crippen LogP contribution in [0.5, 0.6) is 5.88 Å². The van der Waals surface area contributed by atoms with Crippen LogP contribution in [0, 0.1) is 23.7 Å². The summed E-state index contributed by atoms with van der Waals surface area (Å²) in [5, 5.41) is 15.4. The number of nitriles is 1. The largest absolute Gasteiger partial charge is 0.458 e. The van der Waals surface area contributed by atoms with Crippen LogP contribution in [-0.4, -0.2) is 54.9 Å². The zero-order valence-electron chi connectivity index (χ0n) is 26.6. The predicted octanol–water partition coefficient (Wildman–Crippen LogP) is 4.91. The van der Waals surface area contributed by atoms with E-state index in [2.05, 4.69) is 16.9 Å². The van der Waals surface area contributed by atoms with Crippen molar-refractivity contribution in [2.75, 3.05) is 19.3 Å². The first-order chi connectivity index (χ1) is 23.3. The molecule has 0 amide bonds. The summed E-state index contributed by atoms with van der Waals surface area (Å²) in [5.41, 5.74) is 11.4. The highest BCUT2D eigenvalue weighted by Crippen LogP contribution is 2.54. The summed E-state index contributed by atoms with van der Waals surface area (Å²) in [7, 11) is 3.71. The topological polar surface area (TPSA) is 154 Å². The summed E-state index contributed by atoms with van der Waals surface area (Å²) < 4.78 is 21.6. The fraction of sp³-hybridized carbons (Fsp3) is 0.400. The summed E-state index contributed by atoms with van der Waals surface area (Å²) >= 11 is 1.51. The second-order valence-corrected chi connectivity index (χ2v) is 14.3. The van der Waals surface area contributed by atoms with Crippen LogP contribution in [0.2, 0.25) is 0 Å². The number of furan rings is 2. The Morgan fingerprint density at radius 2 is 2.04 bits per heavy atom. The molecule has 2 N–H and O–H groups in total. The van der Waals surface area contributed by atoms with Crippen LogP contribution < -0.4 is 16.2 Å². The average molecular weight is 661 g/mol. The average Bonchev–Trinajstić information content (AvgIpc) is 3.94. The van der Waals surface area contributed by atoms with Crippen molar-refractivity contribution in [3.05, 3.63) is 55.9 Å². The summed E-state index contributed by atoms with van der Waals surface area (Å²) in [5.74, 6) is 3.70. The molecule has 9 rings (SSSR count).